The minimum atomic E-state index is -0.207. The number of aryl methyl sites for hydroxylation is 1. The third-order valence-electron chi connectivity index (χ3n) is 6.06. The number of aromatic nitrogens is 3. The number of hydrogen-bond donors (Lipinski definition) is 1. The Morgan fingerprint density at radius 1 is 1.09 bits per heavy atom. The quantitative estimate of drug-likeness (QED) is 0.256. The maximum atomic E-state index is 12.5. The number of benzene rings is 2. The van der Waals surface area contributed by atoms with Gasteiger partial charge >= 0.3 is 0 Å². The van der Waals surface area contributed by atoms with Crippen molar-refractivity contribution in [1.82, 2.24) is 20.2 Å². The van der Waals surface area contributed by atoms with Crippen LogP contribution in [0.1, 0.15) is 49.3 Å². The number of hydrazone groups is 1. The summed E-state index contributed by atoms with van der Waals surface area (Å²) >= 11 is 1.39. The molecule has 0 radical (unpaired) electrons. The summed E-state index contributed by atoms with van der Waals surface area (Å²) in [5.41, 5.74) is 5.63. The van der Waals surface area contributed by atoms with Gasteiger partial charge in [-0.15, -0.1) is 10.2 Å². The van der Waals surface area contributed by atoms with Gasteiger partial charge in [0.05, 0.1) is 26.2 Å². The van der Waals surface area contributed by atoms with E-state index in [1.165, 1.54) is 36.6 Å². The molecule has 1 fully saturated rings. The Morgan fingerprint density at radius 3 is 2.54 bits per heavy atom. The zero-order valence-corrected chi connectivity index (χ0v) is 21.2. The maximum Gasteiger partial charge on any atom is 0.250 e. The van der Waals surface area contributed by atoms with Crippen molar-refractivity contribution in [1.29, 1.82) is 0 Å². The van der Waals surface area contributed by atoms with Gasteiger partial charge in [-0.2, -0.15) is 5.10 Å². The summed E-state index contributed by atoms with van der Waals surface area (Å²) in [6.45, 7) is 2.07. The lowest BCUT2D eigenvalue weighted by molar-refractivity contribution is -0.118. The standard InChI is InChI=1S/C26H31N5O3S/c1-18-9-12-20(13-10-18)25-29-30-26(31(25)21-7-5-4-6-8-21)35-17-24(32)28-27-16-19-11-14-22(33-2)23(15-19)34-3/h9-16,21H,4-8,17H2,1-3H3,(H,28,32). The predicted molar refractivity (Wildman–Crippen MR) is 138 cm³/mol. The molecule has 184 valence electrons. The molecule has 8 nitrogen and oxygen atoms in total. The van der Waals surface area contributed by atoms with Crippen LogP contribution in [0.25, 0.3) is 11.4 Å². The van der Waals surface area contributed by atoms with Gasteiger partial charge in [0, 0.05) is 11.6 Å². The van der Waals surface area contributed by atoms with E-state index in [-0.39, 0.29) is 11.7 Å². The van der Waals surface area contributed by atoms with E-state index in [9.17, 15) is 4.79 Å². The number of methoxy groups -OCH3 is 2. The predicted octanol–water partition coefficient (Wildman–Crippen LogP) is 5.02. The van der Waals surface area contributed by atoms with Crippen LogP contribution < -0.4 is 14.9 Å². The minimum Gasteiger partial charge on any atom is -0.493 e. The van der Waals surface area contributed by atoms with Gasteiger partial charge in [-0.05, 0) is 43.5 Å². The highest BCUT2D eigenvalue weighted by molar-refractivity contribution is 7.99. The molecule has 35 heavy (non-hydrogen) atoms. The van der Waals surface area contributed by atoms with Crippen molar-refractivity contribution in [2.24, 2.45) is 5.10 Å². The van der Waals surface area contributed by atoms with E-state index >= 15 is 0 Å². The SMILES string of the molecule is COc1ccc(C=NNC(=O)CSc2nnc(-c3ccc(C)cc3)n2C2CCCCC2)cc1OC. The highest BCUT2D eigenvalue weighted by atomic mass is 32.2. The topological polar surface area (TPSA) is 90.6 Å². The van der Waals surface area contributed by atoms with E-state index in [4.69, 9.17) is 9.47 Å². The van der Waals surface area contributed by atoms with E-state index in [2.05, 4.69) is 56.5 Å². The van der Waals surface area contributed by atoms with Crippen molar-refractivity contribution in [2.75, 3.05) is 20.0 Å². The van der Waals surface area contributed by atoms with E-state index < -0.39 is 0 Å². The Kier molecular flexibility index (Phi) is 8.41. The third-order valence-corrected chi connectivity index (χ3v) is 7.00. The molecule has 1 saturated carbocycles. The van der Waals surface area contributed by atoms with Crippen molar-refractivity contribution in [3.05, 3.63) is 53.6 Å². The second-order valence-corrected chi connectivity index (χ2v) is 9.47. The number of ether oxygens (including phenoxy) is 2. The van der Waals surface area contributed by atoms with Crippen molar-refractivity contribution in [3.63, 3.8) is 0 Å². The molecule has 2 aromatic carbocycles. The Morgan fingerprint density at radius 2 is 1.83 bits per heavy atom. The first kappa shape index (κ1) is 24.8. The fourth-order valence-electron chi connectivity index (χ4n) is 4.22. The monoisotopic (exact) mass is 493 g/mol. The number of nitrogens with one attached hydrogen (secondary N) is 1. The first-order valence-corrected chi connectivity index (χ1v) is 12.8. The van der Waals surface area contributed by atoms with Gasteiger partial charge in [-0.25, -0.2) is 5.43 Å². The summed E-state index contributed by atoms with van der Waals surface area (Å²) in [4.78, 5) is 12.5. The second kappa shape index (κ2) is 11.9. The number of carbonyl (C=O) groups is 1. The molecule has 0 atom stereocenters. The van der Waals surface area contributed by atoms with Crippen LogP contribution in [0, 0.1) is 6.92 Å². The minimum absolute atomic E-state index is 0.196. The van der Waals surface area contributed by atoms with Crippen LogP contribution in [0.15, 0.2) is 52.7 Å². The van der Waals surface area contributed by atoms with Crippen LogP contribution in [0.5, 0.6) is 11.5 Å². The van der Waals surface area contributed by atoms with Crippen LogP contribution in [0.4, 0.5) is 0 Å². The molecule has 0 bridgehead atoms. The molecule has 1 heterocycles. The van der Waals surface area contributed by atoms with Gasteiger partial charge in [0.25, 0.3) is 5.91 Å². The fourth-order valence-corrected chi connectivity index (χ4v) is 5.02. The summed E-state index contributed by atoms with van der Waals surface area (Å²) in [7, 11) is 3.16. The van der Waals surface area contributed by atoms with Gasteiger partial charge in [0.1, 0.15) is 0 Å². The Balaban J connectivity index is 1.43. The zero-order chi connectivity index (χ0) is 24.6. The van der Waals surface area contributed by atoms with Crippen molar-refractivity contribution >= 4 is 23.9 Å². The third kappa shape index (κ3) is 6.22. The molecule has 1 aromatic heterocycles. The van der Waals surface area contributed by atoms with E-state index in [0.29, 0.717) is 17.5 Å². The first-order chi connectivity index (χ1) is 17.1. The largest absolute Gasteiger partial charge is 0.493 e. The van der Waals surface area contributed by atoms with Crippen LogP contribution >= 0.6 is 11.8 Å². The zero-order valence-electron chi connectivity index (χ0n) is 20.4. The lowest BCUT2D eigenvalue weighted by Gasteiger charge is -2.25. The number of rotatable bonds is 9. The molecule has 4 rings (SSSR count). The highest BCUT2D eigenvalue weighted by Gasteiger charge is 2.24. The number of thioether (sulfide) groups is 1. The average molecular weight is 494 g/mol. The van der Waals surface area contributed by atoms with E-state index in [1.807, 2.05) is 6.07 Å². The van der Waals surface area contributed by atoms with Crippen molar-refractivity contribution in [2.45, 2.75) is 50.2 Å². The summed E-state index contributed by atoms with van der Waals surface area (Å²) < 4.78 is 12.8. The molecule has 0 unspecified atom stereocenters. The van der Waals surface area contributed by atoms with Crippen LogP contribution in [-0.2, 0) is 4.79 Å². The van der Waals surface area contributed by atoms with Gasteiger partial charge in [0.2, 0.25) is 0 Å². The van der Waals surface area contributed by atoms with Crippen molar-refractivity contribution in [3.8, 4) is 22.9 Å². The Hall–Kier alpha value is -3.33. The number of amides is 1. The molecule has 1 aliphatic rings. The second-order valence-electron chi connectivity index (χ2n) is 8.53. The smallest absolute Gasteiger partial charge is 0.250 e. The molecular formula is C26H31N5O3S. The molecule has 0 aliphatic heterocycles. The van der Waals surface area contributed by atoms with Gasteiger partial charge in [0.15, 0.2) is 22.5 Å². The van der Waals surface area contributed by atoms with Crippen molar-refractivity contribution < 1.29 is 14.3 Å². The number of hydrogen-bond acceptors (Lipinski definition) is 7. The van der Waals surface area contributed by atoms with Crippen LogP contribution in [0.3, 0.4) is 0 Å². The first-order valence-electron chi connectivity index (χ1n) is 11.8. The average Bonchev–Trinajstić information content (AvgIpc) is 3.32. The van der Waals surface area contributed by atoms with E-state index in [0.717, 1.165) is 34.9 Å². The van der Waals surface area contributed by atoms with Gasteiger partial charge in [-0.3, -0.25) is 9.36 Å². The molecule has 0 spiro atoms. The van der Waals surface area contributed by atoms with Gasteiger partial charge in [-0.1, -0.05) is 60.9 Å². The molecular weight excluding hydrogens is 462 g/mol. The van der Waals surface area contributed by atoms with Crippen LogP contribution in [-0.4, -0.2) is 46.9 Å². The molecule has 3 aromatic rings. The van der Waals surface area contributed by atoms with Gasteiger partial charge < -0.3 is 9.47 Å². The summed E-state index contributed by atoms with van der Waals surface area (Å²) in [6, 6.07) is 14.1. The normalized spacial score (nSPS) is 14.3. The fraction of sp³-hybridized carbons (Fsp3) is 0.385. The Labute approximate surface area is 210 Å². The Bertz CT molecular complexity index is 1170. The number of carbonyl (C=O) groups excluding carboxylic acids is 1. The molecule has 1 N–H and O–H groups in total. The molecule has 1 amide bonds. The maximum absolute atomic E-state index is 12.5. The van der Waals surface area contributed by atoms with E-state index in [1.54, 1.807) is 32.6 Å². The summed E-state index contributed by atoms with van der Waals surface area (Å²) in [6.07, 6.45) is 7.45. The molecule has 0 saturated heterocycles. The lowest BCUT2D eigenvalue weighted by Crippen LogP contribution is -2.20. The summed E-state index contributed by atoms with van der Waals surface area (Å²) in [5, 5.41) is 13.8. The lowest BCUT2D eigenvalue weighted by atomic mass is 9.95. The molecule has 1 aliphatic carbocycles. The van der Waals surface area contributed by atoms with Crippen LogP contribution in [0.2, 0.25) is 0 Å². The summed E-state index contributed by atoms with van der Waals surface area (Å²) in [5.74, 6) is 2.09. The highest BCUT2D eigenvalue weighted by Crippen LogP contribution is 2.35. The number of nitrogens with zero attached hydrogens (tertiary/aromatic N) is 4. The molecule has 9 heteroatoms.